The monoisotopic (exact) mass is 356 g/mol. The van der Waals surface area contributed by atoms with Crippen LogP contribution in [0.15, 0.2) is 36.5 Å². The van der Waals surface area contributed by atoms with E-state index in [0.29, 0.717) is 0 Å². The molecule has 0 spiro atoms. The molecule has 0 aromatic heterocycles. The number of hydrogen-bond donors (Lipinski definition) is 1. The van der Waals surface area contributed by atoms with Crippen molar-refractivity contribution in [3.8, 4) is 0 Å². The van der Waals surface area contributed by atoms with Crippen LogP contribution in [0.3, 0.4) is 0 Å². The Bertz CT molecular complexity index is 160. The first-order valence-corrected chi connectivity index (χ1v) is 4.46. The van der Waals surface area contributed by atoms with Gasteiger partial charge in [0.15, 0.2) is 0 Å². The topological polar surface area (TPSA) is 20.2 Å². The van der Waals surface area contributed by atoms with Crippen molar-refractivity contribution in [1.29, 1.82) is 0 Å². The Hall–Kier alpha value is -0.210. The van der Waals surface area contributed by atoms with Gasteiger partial charge in [-0.1, -0.05) is 0 Å². The number of allylic oxidation sites excluding steroid dienone is 8. The van der Waals surface area contributed by atoms with Gasteiger partial charge in [0.25, 0.3) is 0 Å². The maximum Gasteiger partial charge on any atom is 0.0402 e. The minimum absolute atomic E-state index is 0. The number of hydrogen-bond acceptors (Lipinski definition) is 1. The Morgan fingerprint density at radius 1 is 1.07 bits per heavy atom. The smallest absolute Gasteiger partial charge is 0.0402 e. The fraction of sp³-hybridized carbons (Fsp3) is 0.333. The first kappa shape index (κ1) is 16.2. The van der Waals surface area contributed by atoms with Gasteiger partial charge in [-0.05, 0) is 6.92 Å². The minimum atomic E-state index is 0. The molecule has 2 aliphatic rings. The van der Waals surface area contributed by atoms with Gasteiger partial charge in [0.2, 0.25) is 0 Å². The Balaban J connectivity index is 0. The Labute approximate surface area is 106 Å². The minimum Gasteiger partial charge on any atom is -0.397 e. The second kappa shape index (κ2) is 15.3. The summed E-state index contributed by atoms with van der Waals surface area (Å²) in [6, 6.07) is 0. The molecule has 0 atom stereocenters. The predicted octanol–water partition coefficient (Wildman–Crippen LogP) is 2.61. The van der Waals surface area contributed by atoms with E-state index in [1.54, 1.807) is 6.92 Å². The van der Waals surface area contributed by atoms with Gasteiger partial charge in [-0.25, -0.2) is 24.3 Å². The van der Waals surface area contributed by atoms with Crippen molar-refractivity contribution in [3.05, 3.63) is 48.6 Å². The van der Waals surface area contributed by atoms with Crippen LogP contribution in [0.4, 0.5) is 0 Å². The molecule has 0 aromatic rings. The SMILES string of the molecule is CCO.[C-]1=CC=CC1.[C-]1=CC=CC1.[Hf]. The van der Waals surface area contributed by atoms with E-state index < -0.39 is 0 Å². The zero-order chi connectivity index (χ0) is 9.78. The number of rotatable bonds is 0. The van der Waals surface area contributed by atoms with Crippen LogP contribution in [-0.4, -0.2) is 11.7 Å². The molecule has 0 radical (unpaired) electrons. The van der Waals surface area contributed by atoms with E-state index in [1.165, 1.54) is 0 Å². The van der Waals surface area contributed by atoms with E-state index >= 15 is 0 Å². The zero-order valence-electron chi connectivity index (χ0n) is 8.53. The quantitative estimate of drug-likeness (QED) is 0.524. The number of aliphatic hydroxyl groups excluding tert-OH is 1. The van der Waals surface area contributed by atoms with Crippen LogP contribution in [0.2, 0.25) is 0 Å². The fourth-order valence-electron chi connectivity index (χ4n) is 0.680. The molecule has 0 saturated carbocycles. The van der Waals surface area contributed by atoms with E-state index in [9.17, 15) is 0 Å². The molecule has 14 heavy (non-hydrogen) atoms. The first-order chi connectivity index (χ1) is 6.41. The van der Waals surface area contributed by atoms with Gasteiger partial charge in [0.1, 0.15) is 0 Å². The summed E-state index contributed by atoms with van der Waals surface area (Å²) in [5, 5.41) is 7.57. The van der Waals surface area contributed by atoms with Crippen molar-refractivity contribution in [1.82, 2.24) is 0 Å². The Kier molecular flexibility index (Phi) is 17.7. The van der Waals surface area contributed by atoms with Crippen LogP contribution < -0.4 is 0 Å². The molecular formula is C12H16HfO-2. The molecule has 2 rings (SSSR count). The first-order valence-electron chi connectivity index (χ1n) is 4.46. The van der Waals surface area contributed by atoms with E-state index in [-0.39, 0.29) is 32.5 Å². The molecule has 0 amide bonds. The normalized spacial score (nSPS) is 13.9. The molecule has 76 valence electrons. The molecule has 0 aromatic carbocycles. The summed E-state index contributed by atoms with van der Waals surface area (Å²) in [6.07, 6.45) is 20.0. The van der Waals surface area contributed by atoms with Crippen LogP contribution >= 0.6 is 0 Å². The van der Waals surface area contributed by atoms with Gasteiger partial charge >= 0.3 is 0 Å². The van der Waals surface area contributed by atoms with Gasteiger partial charge in [0.05, 0.1) is 0 Å². The molecule has 0 unspecified atom stereocenters. The van der Waals surface area contributed by atoms with Gasteiger partial charge in [-0.2, -0.15) is 12.2 Å². The van der Waals surface area contributed by atoms with E-state index in [2.05, 4.69) is 24.3 Å². The van der Waals surface area contributed by atoms with Gasteiger partial charge in [0, 0.05) is 32.5 Å². The Morgan fingerprint density at radius 2 is 1.43 bits per heavy atom. The molecule has 0 heterocycles. The average Bonchev–Trinajstić information content (AvgIpc) is 2.85. The van der Waals surface area contributed by atoms with Crippen LogP contribution in [0, 0.1) is 12.2 Å². The second-order valence-corrected chi connectivity index (χ2v) is 2.32. The van der Waals surface area contributed by atoms with Crippen molar-refractivity contribution in [3.63, 3.8) is 0 Å². The predicted molar refractivity (Wildman–Crippen MR) is 55.9 cm³/mol. The van der Waals surface area contributed by atoms with Crippen molar-refractivity contribution < 1.29 is 30.9 Å². The third kappa shape index (κ3) is 14.3. The maximum atomic E-state index is 7.57. The van der Waals surface area contributed by atoms with Crippen LogP contribution in [-0.2, 0) is 25.8 Å². The molecule has 1 nitrogen and oxygen atoms in total. The second-order valence-electron chi connectivity index (χ2n) is 2.32. The maximum absolute atomic E-state index is 7.57. The number of aliphatic hydroxyl groups is 1. The van der Waals surface area contributed by atoms with Crippen molar-refractivity contribution >= 4 is 0 Å². The van der Waals surface area contributed by atoms with Gasteiger partial charge in [-0.15, -0.1) is 12.8 Å². The summed E-state index contributed by atoms with van der Waals surface area (Å²) < 4.78 is 0. The molecule has 1 N–H and O–H groups in total. The molecule has 0 aliphatic heterocycles. The molecule has 0 bridgehead atoms. The van der Waals surface area contributed by atoms with Gasteiger partial charge < -0.3 is 5.11 Å². The Morgan fingerprint density at radius 3 is 1.50 bits per heavy atom. The molecular weight excluding hydrogens is 339 g/mol. The third-order valence-corrected chi connectivity index (χ3v) is 1.17. The van der Waals surface area contributed by atoms with Crippen LogP contribution in [0.5, 0.6) is 0 Å². The zero-order valence-corrected chi connectivity index (χ0v) is 12.1. The third-order valence-electron chi connectivity index (χ3n) is 1.17. The summed E-state index contributed by atoms with van der Waals surface area (Å²) in [6.45, 7) is 1.93. The van der Waals surface area contributed by atoms with Crippen LogP contribution in [0.1, 0.15) is 19.8 Å². The summed E-state index contributed by atoms with van der Waals surface area (Å²) in [5.41, 5.74) is 0. The fourth-order valence-corrected chi connectivity index (χ4v) is 0.680. The van der Waals surface area contributed by atoms with E-state index in [0.717, 1.165) is 12.8 Å². The van der Waals surface area contributed by atoms with Crippen molar-refractivity contribution in [2.75, 3.05) is 6.61 Å². The molecule has 2 heteroatoms. The molecule has 0 fully saturated rings. The summed E-state index contributed by atoms with van der Waals surface area (Å²) >= 11 is 0. The standard InChI is InChI=1S/2C5H5.C2H6O.Hf/c2*1-2-4-5-3-1;1-2-3;/h2*1-3H,4H2;3H,2H2,1H3;/q2*-1;;. The van der Waals surface area contributed by atoms with Crippen molar-refractivity contribution in [2.45, 2.75) is 19.8 Å². The average molecular weight is 355 g/mol. The van der Waals surface area contributed by atoms with E-state index in [4.69, 9.17) is 5.11 Å². The molecule has 2 aliphatic carbocycles. The van der Waals surface area contributed by atoms with Gasteiger partial charge in [-0.3, -0.25) is 12.2 Å². The van der Waals surface area contributed by atoms with E-state index in [1.807, 2.05) is 24.3 Å². The largest absolute Gasteiger partial charge is 0.397 e. The summed E-state index contributed by atoms with van der Waals surface area (Å²) in [7, 11) is 0. The summed E-state index contributed by atoms with van der Waals surface area (Å²) in [4.78, 5) is 0. The van der Waals surface area contributed by atoms with Crippen LogP contribution in [0.25, 0.3) is 0 Å². The molecule has 0 saturated heterocycles. The van der Waals surface area contributed by atoms with Crippen molar-refractivity contribution in [2.24, 2.45) is 0 Å². The summed E-state index contributed by atoms with van der Waals surface area (Å²) in [5.74, 6) is 0.